The third kappa shape index (κ3) is 3.99. The Kier molecular flexibility index (Phi) is 5.93. The minimum absolute atomic E-state index is 0. The highest BCUT2D eigenvalue weighted by molar-refractivity contribution is 6.30. The first kappa shape index (κ1) is 16.6. The maximum atomic E-state index is 6.05. The van der Waals surface area contributed by atoms with E-state index in [0.717, 1.165) is 48.9 Å². The zero-order chi connectivity index (χ0) is 13.2. The number of methoxy groups -OCH3 is 1. The summed E-state index contributed by atoms with van der Waals surface area (Å²) in [5, 5.41) is 0.756. The van der Waals surface area contributed by atoms with Gasteiger partial charge in [-0.25, -0.2) is 0 Å². The van der Waals surface area contributed by atoms with Crippen LogP contribution in [0.25, 0.3) is 0 Å². The lowest BCUT2D eigenvalue weighted by Crippen LogP contribution is -2.31. The van der Waals surface area contributed by atoms with Gasteiger partial charge in [0.2, 0.25) is 0 Å². The second kappa shape index (κ2) is 6.80. The molecule has 1 aromatic rings. The fourth-order valence-corrected chi connectivity index (χ4v) is 2.73. The van der Waals surface area contributed by atoms with Crippen molar-refractivity contribution in [1.82, 2.24) is 4.90 Å². The molecular weight excluding hydrogens is 283 g/mol. The monoisotopic (exact) mass is 304 g/mol. The van der Waals surface area contributed by atoms with Gasteiger partial charge in [-0.2, -0.15) is 0 Å². The van der Waals surface area contributed by atoms with Crippen LogP contribution in [-0.2, 0) is 6.54 Å². The zero-order valence-corrected chi connectivity index (χ0v) is 13.1. The molecule has 1 unspecified atom stereocenters. The van der Waals surface area contributed by atoms with E-state index in [1.54, 1.807) is 7.11 Å². The second-order valence-corrected chi connectivity index (χ2v) is 5.87. The molecule has 0 saturated carbocycles. The number of hydrogen-bond donors (Lipinski definition) is 1. The maximum Gasteiger partial charge on any atom is 0.123 e. The first-order chi connectivity index (χ1) is 8.56. The Morgan fingerprint density at radius 1 is 1.47 bits per heavy atom. The molecule has 1 aromatic carbocycles. The molecule has 0 amide bonds. The number of ether oxygens (including phenoxy) is 1. The van der Waals surface area contributed by atoms with Gasteiger partial charge in [0.1, 0.15) is 5.75 Å². The van der Waals surface area contributed by atoms with Gasteiger partial charge in [0.15, 0.2) is 0 Å². The SMILES string of the molecule is COc1ccc(Cl)cc1CN1CCC(C)(CN)C1.Cl. The summed E-state index contributed by atoms with van der Waals surface area (Å²) in [6, 6.07) is 5.77. The summed E-state index contributed by atoms with van der Waals surface area (Å²) in [6.45, 7) is 6.00. The van der Waals surface area contributed by atoms with Gasteiger partial charge in [-0.05, 0) is 43.1 Å². The molecule has 108 valence electrons. The third-order valence-electron chi connectivity index (χ3n) is 3.77. The molecule has 1 fully saturated rings. The molecular formula is C14H22Cl2N2O. The van der Waals surface area contributed by atoms with Crippen LogP contribution in [0.1, 0.15) is 18.9 Å². The number of nitrogens with zero attached hydrogens (tertiary/aromatic N) is 1. The maximum absolute atomic E-state index is 6.05. The Bertz CT molecular complexity index is 428. The van der Waals surface area contributed by atoms with Gasteiger partial charge in [0, 0.05) is 23.7 Å². The molecule has 1 aliphatic rings. The van der Waals surface area contributed by atoms with E-state index in [1.807, 2.05) is 18.2 Å². The van der Waals surface area contributed by atoms with Crippen molar-refractivity contribution in [3.05, 3.63) is 28.8 Å². The van der Waals surface area contributed by atoms with Crippen molar-refractivity contribution in [2.24, 2.45) is 11.1 Å². The topological polar surface area (TPSA) is 38.5 Å². The Balaban J connectivity index is 0.00000180. The van der Waals surface area contributed by atoms with Crippen LogP contribution in [0.5, 0.6) is 5.75 Å². The highest BCUT2D eigenvalue weighted by Crippen LogP contribution is 2.31. The highest BCUT2D eigenvalue weighted by Gasteiger charge is 2.32. The Labute approximate surface area is 126 Å². The first-order valence-electron chi connectivity index (χ1n) is 6.31. The molecule has 5 heteroatoms. The smallest absolute Gasteiger partial charge is 0.123 e. The van der Waals surface area contributed by atoms with Crippen molar-refractivity contribution >= 4 is 24.0 Å². The van der Waals surface area contributed by atoms with Crippen LogP contribution < -0.4 is 10.5 Å². The molecule has 0 spiro atoms. The van der Waals surface area contributed by atoms with Crippen molar-refractivity contribution in [2.75, 3.05) is 26.7 Å². The third-order valence-corrected chi connectivity index (χ3v) is 4.00. The standard InChI is InChI=1S/C14H21ClN2O.ClH/c1-14(9-16)5-6-17(10-14)8-11-7-12(15)3-4-13(11)18-2;/h3-4,7H,5-6,8-10,16H2,1-2H3;1H. The minimum Gasteiger partial charge on any atom is -0.496 e. The minimum atomic E-state index is 0. The van der Waals surface area contributed by atoms with Gasteiger partial charge in [-0.3, -0.25) is 4.90 Å². The van der Waals surface area contributed by atoms with Gasteiger partial charge in [0.05, 0.1) is 7.11 Å². The predicted octanol–water partition coefficient (Wildman–Crippen LogP) is 2.94. The molecule has 1 atom stereocenters. The van der Waals surface area contributed by atoms with Gasteiger partial charge in [0.25, 0.3) is 0 Å². The van der Waals surface area contributed by atoms with Crippen LogP contribution in [0.15, 0.2) is 18.2 Å². The summed E-state index contributed by atoms with van der Waals surface area (Å²) in [5.74, 6) is 0.903. The molecule has 2 rings (SSSR count). The van der Waals surface area contributed by atoms with Crippen molar-refractivity contribution in [3.63, 3.8) is 0 Å². The second-order valence-electron chi connectivity index (χ2n) is 5.43. The van der Waals surface area contributed by atoms with E-state index in [9.17, 15) is 0 Å². The fraction of sp³-hybridized carbons (Fsp3) is 0.571. The number of hydrogen-bond acceptors (Lipinski definition) is 3. The van der Waals surface area contributed by atoms with E-state index < -0.39 is 0 Å². The lowest BCUT2D eigenvalue weighted by Gasteiger charge is -2.23. The van der Waals surface area contributed by atoms with Crippen molar-refractivity contribution in [3.8, 4) is 5.75 Å². The van der Waals surface area contributed by atoms with Crippen molar-refractivity contribution in [1.29, 1.82) is 0 Å². The van der Waals surface area contributed by atoms with Gasteiger partial charge < -0.3 is 10.5 Å². The van der Waals surface area contributed by atoms with E-state index in [2.05, 4.69) is 11.8 Å². The van der Waals surface area contributed by atoms with Crippen LogP contribution in [0.2, 0.25) is 5.02 Å². The number of rotatable bonds is 4. The summed E-state index contributed by atoms with van der Waals surface area (Å²) in [5.41, 5.74) is 7.23. The van der Waals surface area contributed by atoms with E-state index in [0.29, 0.717) is 0 Å². The number of likely N-dealkylation sites (tertiary alicyclic amines) is 1. The van der Waals surface area contributed by atoms with Crippen LogP contribution in [0.4, 0.5) is 0 Å². The lowest BCUT2D eigenvalue weighted by molar-refractivity contribution is 0.270. The lowest BCUT2D eigenvalue weighted by atomic mass is 9.90. The largest absolute Gasteiger partial charge is 0.496 e. The van der Waals surface area contributed by atoms with E-state index in [1.165, 1.54) is 0 Å². The Hall–Kier alpha value is -0.480. The summed E-state index contributed by atoms with van der Waals surface area (Å²) in [6.07, 6.45) is 1.16. The van der Waals surface area contributed by atoms with Gasteiger partial charge in [-0.1, -0.05) is 18.5 Å². The van der Waals surface area contributed by atoms with Crippen LogP contribution in [0.3, 0.4) is 0 Å². The van der Waals surface area contributed by atoms with Crippen molar-refractivity contribution in [2.45, 2.75) is 19.9 Å². The summed E-state index contributed by atoms with van der Waals surface area (Å²) in [7, 11) is 1.70. The Morgan fingerprint density at radius 3 is 2.79 bits per heavy atom. The summed E-state index contributed by atoms with van der Waals surface area (Å²) < 4.78 is 5.38. The normalized spacial score (nSPS) is 23.2. The highest BCUT2D eigenvalue weighted by atomic mass is 35.5. The number of halogens is 2. The van der Waals surface area contributed by atoms with Crippen LogP contribution in [0, 0.1) is 5.41 Å². The van der Waals surface area contributed by atoms with E-state index in [4.69, 9.17) is 22.1 Å². The average Bonchev–Trinajstić information content (AvgIpc) is 2.72. The van der Waals surface area contributed by atoms with E-state index in [-0.39, 0.29) is 17.8 Å². The van der Waals surface area contributed by atoms with Crippen LogP contribution >= 0.6 is 24.0 Å². The predicted molar refractivity (Wildman–Crippen MR) is 82.3 cm³/mol. The molecule has 3 nitrogen and oxygen atoms in total. The quantitative estimate of drug-likeness (QED) is 0.929. The van der Waals surface area contributed by atoms with E-state index >= 15 is 0 Å². The number of benzene rings is 1. The summed E-state index contributed by atoms with van der Waals surface area (Å²) in [4.78, 5) is 2.42. The number of nitrogens with two attached hydrogens (primary N) is 1. The zero-order valence-electron chi connectivity index (χ0n) is 11.5. The molecule has 1 aliphatic heterocycles. The molecule has 1 saturated heterocycles. The fourth-order valence-electron chi connectivity index (χ4n) is 2.54. The average molecular weight is 305 g/mol. The molecule has 1 heterocycles. The molecule has 0 radical (unpaired) electrons. The first-order valence-corrected chi connectivity index (χ1v) is 6.69. The molecule has 0 bridgehead atoms. The molecule has 0 aliphatic carbocycles. The molecule has 2 N–H and O–H groups in total. The van der Waals surface area contributed by atoms with Gasteiger partial charge in [-0.15, -0.1) is 12.4 Å². The Morgan fingerprint density at radius 2 is 2.21 bits per heavy atom. The molecule has 0 aromatic heterocycles. The van der Waals surface area contributed by atoms with Gasteiger partial charge >= 0.3 is 0 Å². The van der Waals surface area contributed by atoms with Crippen LogP contribution in [-0.4, -0.2) is 31.6 Å². The summed E-state index contributed by atoms with van der Waals surface area (Å²) >= 11 is 6.05. The molecule has 19 heavy (non-hydrogen) atoms. The van der Waals surface area contributed by atoms with Crippen molar-refractivity contribution < 1.29 is 4.74 Å².